The summed E-state index contributed by atoms with van der Waals surface area (Å²) in [7, 11) is 0. The summed E-state index contributed by atoms with van der Waals surface area (Å²) in [5.74, 6) is -0.912. The van der Waals surface area contributed by atoms with Gasteiger partial charge in [-0.2, -0.15) is 0 Å². The Balaban J connectivity index is 2.21. The fourth-order valence-corrected chi connectivity index (χ4v) is 2.02. The van der Waals surface area contributed by atoms with E-state index < -0.39 is 5.97 Å². The molecule has 2 amide bonds. The van der Waals surface area contributed by atoms with Crippen molar-refractivity contribution in [2.24, 2.45) is 0 Å². The quantitative estimate of drug-likeness (QED) is 0.695. The van der Waals surface area contributed by atoms with Crippen LogP contribution in [0.3, 0.4) is 0 Å². The summed E-state index contributed by atoms with van der Waals surface area (Å²) in [6.45, 7) is 2.33. The van der Waals surface area contributed by atoms with Crippen molar-refractivity contribution in [2.75, 3.05) is 6.54 Å². The maximum Gasteiger partial charge on any atom is 0.315 e. The minimum Gasteiger partial charge on any atom is -0.481 e. The zero-order valence-electron chi connectivity index (χ0n) is 10.2. The molecule has 0 spiro atoms. The summed E-state index contributed by atoms with van der Waals surface area (Å²) >= 11 is 1.54. The summed E-state index contributed by atoms with van der Waals surface area (Å²) in [5, 5.41) is 16.8. The standard InChI is InChI=1S/C11H17N3O3S/c1-2-8(7-10(15)16)14-11(17)13-4-3-9-12-5-6-18-9/h5-6,8H,2-4,7H2,1H3,(H,15,16)(H2,13,14,17). The van der Waals surface area contributed by atoms with Crippen molar-refractivity contribution in [1.29, 1.82) is 0 Å². The molecule has 7 heteroatoms. The molecule has 1 rings (SSSR count). The first-order valence-corrected chi connectivity index (χ1v) is 6.64. The second-order valence-electron chi connectivity index (χ2n) is 3.78. The average molecular weight is 271 g/mol. The first kappa shape index (κ1) is 14.4. The Morgan fingerprint density at radius 2 is 2.33 bits per heavy atom. The Hall–Kier alpha value is -1.63. The van der Waals surface area contributed by atoms with Crippen molar-refractivity contribution in [3.63, 3.8) is 0 Å². The molecule has 0 fully saturated rings. The number of hydrogen-bond donors (Lipinski definition) is 3. The van der Waals surface area contributed by atoms with Gasteiger partial charge in [0.1, 0.15) is 0 Å². The van der Waals surface area contributed by atoms with E-state index in [0.29, 0.717) is 19.4 Å². The predicted octanol–water partition coefficient (Wildman–Crippen LogP) is 1.24. The lowest BCUT2D eigenvalue weighted by atomic mass is 10.1. The van der Waals surface area contributed by atoms with Crippen molar-refractivity contribution >= 4 is 23.3 Å². The summed E-state index contributed by atoms with van der Waals surface area (Å²) in [6, 6.07) is -0.665. The van der Waals surface area contributed by atoms with Crippen LogP contribution in [0.5, 0.6) is 0 Å². The van der Waals surface area contributed by atoms with Gasteiger partial charge in [0.25, 0.3) is 0 Å². The Morgan fingerprint density at radius 3 is 2.89 bits per heavy atom. The highest BCUT2D eigenvalue weighted by Gasteiger charge is 2.13. The molecular formula is C11H17N3O3S. The number of amides is 2. The Morgan fingerprint density at radius 1 is 1.56 bits per heavy atom. The normalized spacial score (nSPS) is 11.8. The number of rotatable bonds is 7. The van der Waals surface area contributed by atoms with Crippen LogP contribution in [0.25, 0.3) is 0 Å². The predicted molar refractivity (Wildman–Crippen MR) is 68.7 cm³/mol. The molecule has 0 aliphatic heterocycles. The van der Waals surface area contributed by atoms with Crippen molar-refractivity contribution in [3.05, 3.63) is 16.6 Å². The highest BCUT2D eigenvalue weighted by molar-refractivity contribution is 7.09. The molecule has 0 aromatic carbocycles. The van der Waals surface area contributed by atoms with Gasteiger partial charge in [-0.05, 0) is 6.42 Å². The maximum atomic E-state index is 11.5. The van der Waals surface area contributed by atoms with Gasteiger partial charge >= 0.3 is 12.0 Å². The van der Waals surface area contributed by atoms with Gasteiger partial charge in [0.15, 0.2) is 0 Å². The number of nitrogens with one attached hydrogen (secondary N) is 2. The number of nitrogens with zero attached hydrogens (tertiary/aromatic N) is 1. The van der Waals surface area contributed by atoms with Gasteiger partial charge in [-0.15, -0.1) is 11.3 Å². The van der Waals surface area contributed by atoms with E-state index in [1.54, 1.807) is 17.5 Å². The molecule has 0 bridgehead atoms. The van der Waals surface area contributed by atoms with E-state index >= 15 is 0 Å². The Kier molecular flexibility index (Phi) is 6.13. The zero-order valence-corrected chi connectivity index (χ0v) is 11.0. The molecule has 1 heterocycles. The molecule has 0 saturated heterocycles. The lowest BCUT2D eigenvalue weighted by molar-refractivity contribution is -0.137. The maximum absolute atomic E-state index is 11.5. The molecule has 6 nitrogen and oxygen atoms in total. The van der Waals surface area contributed by atoms with Gasteiger partial charge in [-0.1, -0.05) is 6.92 Å². The second kappa shape index (κ2) is 7.65. The van der Waals surface area contributed by atoms with Gasteiger partial charge in [0.2, 0.25) is 0 Å². The third-order valence-electron chi connectivity index (χ3n) is 2.36. The zero-order chi connectivity index (χ0) is 13.4. The third-order valence-corrected chi connectivity index (χ3v) is 3.20. The van der Waals surface area contributed by atoms with E-state index in [4.69, 9.17) is 5.11 Å². The molecule has 0 aliphatic carbocycles. The summed E-state index contributed by atoms with van der Waals surface area (Å²) < 4.78 is 0. The largest absolute Gasteiger partial charge is 0.481 e. The number of aliphatic carboxylic acids is 1. The van der Waals surface area contributed by atoms with Crippen LogP contribution in [-0.4, -0.2) is 34.7 Å². The van der Waals surface area contributed by atoms with Crippen LogP contribution >= 0.6 is 11.3 Å². The van der Waals surface area contributed by atoms with E-state index in [-0.39, 0.29) is 18.5 Å². The van der Waals surface area contributed by atoms with E-state index in [9.17, 15) is 9.59 Å². The van der Waals surface area contributed by atoms with Crippen LogP contribution in [0.2, 0.25) is 0 Å². The van der Waals surface area contributed by atoms with E-state index in [1.807, 2.05) is 12.3 Å². The van der Waals surface area contributed by atoms with E-state index in [2.05, 4.69) is 15.6 Å². The molecule has 100 valence electrons. The fraction of sp³-hybridized carbons (Fsp3) is 0.545. The molecule has 1 unspecified atom stereocenters. The number of carbonyl (C=O) groups excluding carboxylic acids is 1. The van der Waals surface area contributed by atoms with Crippen molar-refractivity contribution in [2.45, 2.75) is 32.2 Å². The van der Waals surface area contributed by atoms with Gasteiger partial charge in [0.05, 0.1) is 11.4 Å². The topological polar surface area (TPSA) is 91.3 Å². The number of urea groups is 1. The van der Waals surface area contributed by atoms with Crippen molar-refractivity contribution in [1.82, 2.24) is 15.6 Å². The smallest absolute Gasteiger partial charge is 0.315 e. The summed E-state index contributed by atoms with van der Waals surface area (Å²) in [5.41, 5.74) is 0. The third kappa shape index (κ3) is 5.62. The fourth-order valence-electron chi connectivity index (χ4n) is 1.40. The monoisotopic (exact) mass is 271 g/mol. The number of carboxylic acids is 1. The number of carboxylic acid groups (broad SMARTS) is 1. The molecule has 1 aromatic rings. The van der Waals surface area contributed by atoms with Gasteiger partial charge in [0, 0.05) is 30.6 Å². The number of thiazole rings is 1. The van der Waals surface area contributed by atoms with Crippen molar-refractivity contribution in [3.8, 4) is 0 Å². The molecule has 1 aromatic heterocycles. The highest BCUT2D eigenvalue weighted by Crippen LogP contribution is 2.03. The second-order valence-corrected chi connectivity index (χ2v) is 4.76. The number of aromatic nitrogens is 1. The first-order chi connectivity index (χ1) is 8.61. The molecule has 0 saturated carbocycles. The average Bonchev–Trinajstić information content (AvgIpc) is 2.80. The molecular weight excluding hydrogens is 254 g/mol. The minimum atomic E-state index is -0.912. The van der Waals surface area contributed by atoms with Crippen molar-refractivity contribution < 1.29 is 14.7 Å². The minimum absolute atomic E-state index is 0.0591. The van der Waals surface area contributed by atoms with Crippen LogP contribution in [-0.2, 0) is 11.2 Å². The van der Waals surface area contributed by atoms with Gasteiger partial charge in [-0.3, -0.25) is 4.79 Å². The van der Waals surface area contributed by atoms with Crippen LogP contribution < -0.4 is 10.6 Å². The lowest BCUT2D eigenvalue weighted by Gasteiger charge is -2.15. The molecule has 0 radical (unpaired) electrons. The van der Waals surface area contributed by atoms with E-state index in [0.717, 1.165) is 5.01 Å². The van der Waals surface area contributed by atoms with Gasteiger partial charge in [-0.25, -0.2) is 9.78 Å². The van der Waals surface area contributed by atoms with Crippen LogP contribution in [0.4, 0.5) is 4.79 Å². The van der Waals surface area contributed by atoms with Crippen LogP contribution in [0.1, 0.15) is 24.8 Å². The lowest BCUT2D eigenvalue weighted by Crippen LogP contribution is -2.43. The van der Waals surface area contributed by atoms with E-state index in [1.165, 1.54) is 0 Å². The summed E-state index contributed by atoms with van der Waals surface area (Å²) in [6.07, 6.45) is 2.93. The van der Waals surface area contributed by atoms with Crippen LogP contribution in [0, 0.1) is 0 Å². The first-order valence-electron chi connectivity index (χ1n) is 5.76. The molecule has 0 aliphatic rings. The Labute approximate surface area is 109 Å². The Bertz CT molecular complexity index is 381. The van der Waals surface area contributed by atoms with Gasteiger partial charge < -0.3 is 15.7 Å². The number of carbonyl (C=O) groups is 2. The molecule has 3 N–H and O–H groups in total. The highest BCUT2D eigenvalue weighted by atomic mass is 32.1. The SMILES string of the molecule is CCC(CC(=O)O)NC(=O)NCCc1nccs1. The van der Waals surface area contributed by atoms with Crippen LogP contribution in [0.15, 0.2) is 11.6 Å². The molecule has 18 heavy (non-hydrogen) atoms. The molecule has 1 atom stereocenters. The summed E-state index contributed by atoms with van der Waals surface area (Å²) in [4.78, 5) is 26.1. The number of hydrogen-bond acceptors (Lipinski definition) is 4.